The van der Waals surface area contributed by atoms with Crippen LogP contribution in [0.3, 0.4) is 0 Å². The van der Waals surface area contributed by atoms with Gasteiger partial charge in [-0.3, -0.25) is 4.90 Å². The van der Waals surface area contributed by atoms with Crippen LogP contribution in [0.25, 0.3) is 0 Å². The van der Waals surface area contributed by atoms with E-state index in [1.165, 1.54) is 36.9 Å². The Morgan fingerprint density at radius 1 is 1.06 bits per heavy atom. The summed E-state index contributed by atoms with van der Waals surface area (Å²) < 4.78 is 6.83. The first-order valence-corrected chi connectivity index (χ1v) is 12.5. The Morgan fingerprint density at radius 2 is 1.94 bits per heavy atom. The predicted molar refractivity (Wildman–Crippen MR) is 120 cm³/mol. The van der Waals surface area contributed by atoms with Gasteiger partial charge in [0.2, 0.25) is 5.95 Å². The van der Waals surface area contributed by atoms with Crippen molar-refractivity contribution in [1.29, 1.82) is 0 Å². The van der Waals surface area contributed by atoms with Crippen molar-refractivity contribution in [3.63, 3.8) is 0 Å². The standard InChI is InChI=1S/C26H30N4O2/c31-19-5-4-17-14-20-25-7-6-18(30(13-8-25)24-27-10-1-11-28-24)23-26(25,21(17)22(19)32-23)9-12-29(20)15-16-2-3-16/h1,4-5,10-11,16,18,20,23,31H,2-3,6-9,12-15H2/t18-,20-,23+,25-,26+/m1/s1. The maximum Gasteiger partial charge on any atom is 0.225 e. The molecule has 6 heteroatoms. The highest BCUT2D eigenvalue weighted by Gasteiger charge is 2.74. The summed E-state index contributed by atoms with van der Waals surface area (Å²) in [6.07, 6.45) is 12.3. The lowest BCUT2D eigenvalue weighted by Crippen LogP contribution is -2.72. The van der Waals surface area contributed by atoms with Gasteiger partial charge in [-0.2, -0.15) is 0 Å². The van der Waals surface area contributed by atoms with Gasteiger partial charge < -0.3 is 14.7 Å². The maximum atomic E-state index is 10.9. The molecule has 9 rings (SSSR count). The Balaban J connectivity index is 1.34. The van der Waals surface area contributed by atoms with Crippen LogP contribution in [0.2, 0.25) is 0 Å². The number of piperidine rings is 1. The van der Waals surface area contributed by atoms with Crippen molar-refractivity contribution < 1.29 is 9.84 Å². The number of phenols is 1. The smallest absolute Gasteiger partial charge is 0.225 e. The maximum absolute atomic E-state index is 10.9. The molecular formula is C26H30N4O2. The lowest BCUT2D eigenvalue weighted by Gasteiger charge is -2.66. The number of nitrogens with zero attached hydrogens (tertiary/aromatic N) is 4. The first kappa shape index (κ1) is 18.1. The Labute approximate surface area is 188 Å². The lowest BCUT2D eigenvalue weighted by atomic mass is 9.42. The van der Waals surface area contributed by atoms with E-state index in [0.29, 0.717) is 11.8 Å². The quantitative estimate of drug-likeness (QED) is 0.807. The van der Waals surface area contributed by atoms with Crippen LogP contribution in [0.5, 0.6) is 11.5 Å². The molecule has 1 aromatic carbocycles. The number of anilines is 1. The van der Waals surface area contributed by atoms with E-state index in [0.717, 1.165) is 56.4 Å². The molecule has 1 N–H and O–H groups in total. The lowest BCUT2D eigenvalue weighted by molar-refractivity contribution is -0.124. The number of ether oxygens (including phenoxy) is 1. The van der Waals surface area contributed by atoms with Crippen molar-refractivity contribution in [1.82, 2.24) is 14.9 Å². The van der Waals surface area contributed by atoms with E-state index in [1.807, 2.05) is 24.5 Å². The van der Waals surface area contributed by atoms with E-state index in [-0.39, 0.29) is 23.0 Å². The van der Waals surface area contributed by atoms with Crippen LogP contribution in [-0.2, 0) is 11.8 Å². The number of hydrogen-bond donors (Lipinski definition) is 1. The van der Waals surface area contributed by atoms with Gasteiger partial charge in [0.25, 0.3) is 0 Å². The van der Waals surface area contributed by atoms with Crippen LogP contribution in [0.4, 0.5) is 5.95 Å². The van der Waals surface area contributed by atoms with Crippen LogP contribution < -0.4 is 9.64 Å². The Morgan fingerprint density at radius 3 is 2.78 bits per heavy atom. The van der Waals surface area contributed by atoms with E-state index < -0.39 is 0 Å². The summed E-state index contributed by atoms with van der Waals surface area (Å²) in [6, 6.07) is 6.78. The summed E-state index contributed by atoms with van der Waals surface area (Å²) in [5.41, 5.74) is 3.00. The highest BCUT2D eigenvalue weighted by atomic mass is 16.5. The fourth-order valence-electron chi connectivity index (χ4n) is 8.68. The van der Waals surface area contributed by atoms with Crippen LogP contribution in [0.1, 0.15) is 49.7 Å². The summed E-state index contributed by atoms with van der Waals surface area (Å²) in [7, 11) is 0. The third-order valence-electron chi connectivity index (χ3n) is 10.0. The number of benzene rings is 1. The third-order valence-corrected chi connectivity index (χ3v) is 10.0. The molecule has 166 valence electrons. The predicted octanol–water partition coefficient (Wildman–Crippen LogP) is 3.28. The zero-order valence-corrected chi connectivity index (χ0v) is 18.4. The molecule has 0 amide bonds. The molecule has 0 unspecified atom stereocenters. The molecule has 1 aromatic heterocycles. The highest BCUT2D eigenvalue weighted by molar-refractivity contribution is 5.63. The van der Waals surface area contributed by atoms with Crippen molar-refractivity contribution in [2.24, 2.45) is 11.3 Å². The number of aromatic nitrogens is 2. The molecule has 5 atom stereocenters. The van der Waals surface area contributed by atoms with Crippen LogP contribution in [0.15, 0.2) is 30.6 Å². The summed E-state index contributed by atoms with van der Waals surface area (Å²) in [5, 5.41) is 10.9. The first-order chi connectivity index (χ1) is 15.7. The van der Waals surface area contributed by atoms with Crippen molar-refractivity contribution >= 4 is 5.95 Å². The topological polar surface area (TPSA) is 61.7 Å². The van der Waals surface area contributed by atoms with E-state index in [9.17, 15) is 5.11 Å². The minimum absolute atomic E-state index is 0.00578. The van der Waals surface area contributed by atoms with E-state index in [2.05, 4.69) is 25.8 Å². The van der Waals surface area contributed by atoms with E-state index in [1.54, 1.807) is 0 Å². The van der Waals surface area contributed by atoms with Crippen molar-refractivity contribution in [3.05, 3.63) is 41.7 Å². The summed E-state index contributed by atoms with van der Waals surface area (Å²) in [4.78, 5) is 14.6. The van der Waals surface area contributed by atoms with Crippen molar-refractivity contribution in [2.45, 2.75) is 68.5 Å². The van der Waals surface area contributed by atoms with Gasteiger partial charge >= 0.3 is 0 Å². The zero-order chi connectivity index (χ0) is 21.1. The largest absolute Gasteiger partial charge is 0.504 e. The SMILES string of the molecule is Oc1ccc2c3c1O[C@H]1[C@H]4CC[C@@]5(CCN4c4ncccn4)[C@@H](C2)N(CC2CC2)CC[C@]315. The zero-order valence-electron chi connectivity index (χ0n) is 18.4. The van der Waals surface area contributed by atoms with Crippen molar-refractivity contribution in [3.8, 4) is 11.5 Å². The van der Waals surface area contributed by atoms with Gasteiger partial charge in [0.05, 0.1) is 6.04 Å². The molecule has 0 radical (unpaired) electrons. The second kappa shape index (κ2) is 5.96. The molecule has 32 heavy (non-hydrogen) atoms. The molecule has 5 fully saturated rings. The molecule has 3 aliphatic carbocycles. The summed E-state index contributed by atoms with van der Waals surface area (Å²) >= 11 is 0. The molecule has 4 aliphatic heterocycles. The average molecular weight is 431 g/mol. The number of hydrogen-bond acceptors (Lipinski definition) is 6. The van der Waals surface area contributed by atoms with Crippen molar-refractivity contribution in [2.75, 3.05) is 24.5 Å². The second-order valence-corrected chi connectivity index (χ2v) is 11.1. The molecule has 7 aliphatic rings. The Hall–Kier alpha value is -2.34. The number of phenolic OH excluding ortho intramolecular Hbond substituents is 1. The van der Waals surface area contributed by atoms with Gasteiger partial charge in [0.15, 0.2) is 11.5 Å². The minimum Gasteiger partial charge on any atom is -0.504 e. The van der Waals surface area contributed by atoms with Crippen LogP contribution >= 0.6 is 0 Å². The monoisotopic (exact) mass is 430 g/mol. The summed E-state index contributed by atoms with van der Waals surface area (Å²) in [5.74, 6) is 2.85. The Kier molecular flexibility index (Phi) is 3.38. The van der Waals surface area contributed by atoms with Gasteiger partial charge in [-0.15, -0.1) is 0 Å². The van der Waals surface area contributed by atoms with Gasteiger partial charge in [0.1, 0.15) is 6.10 Å². The molecule has 6 nitrogen and oxygen atoms in total. The van der Waals surface area contributed by atoms with Gasteiger partial charge in [-0.1, -0.05) is 6.07 Å². The van der Waals surface area contributed by atoms with E-state index >= 15 is 0 Å². The fraction of sp³-hybridized carbons (Fsp3) is 0.615. The summed E-state index contributed by atoms with van der Waals surface area (Å²) in [6.45, 7) is 3.42. The average Bonchev–Trinajstić information content (AvgIpc) is 3.60. The fourth-order valence-corrected chi connectivity index (χ4v) is 8.68. The Bertz CT molecular complexity index is 1100. The third kappa shape index (κ3) is 2.02. The van der Waals surface area contributed by atoms with Crippen LogP contribution in [-0.4, -0.2) is 57.8 Å². The van der Waals surface area contributed by atoms with Gasteiger partial charge in [-0.25, -0.2) is 9.97 Å². The molecular weight excluding hydrogens is 400 g/mol. The molecule has 2 spiro atoms. The molecule has 3 saturated heterocycles. The van der Waals surface area contributed by atoms with Gasteiger partial charge in [-0.05, 0) is 75.1 Å². The molecule has 4 bridgehead atoms. The van der Waals surface area contributed by atoms with Gasteiger partial charge in [0, 0.05) is 47.9 Å². The first-order valence-electron chi connectivity index (χ1n) is 12.5. The van der Waals surface area contributed by atoms with E-state index in [4.69, 9.17) is 4.74 Å². The normalized spacial score (nSPS) is 38.9. The van der Waals surface area contributed by atoms with Crippen LogP contribution in [0, 0.1) is 11.3 Å². The number of rotatable bonds is 3. The minimum atomic E-state index is 0.00578. The number of fused-ring (bicyclic) bond motifs is 3. The number of aromatic hydroxyl groups is 1. The molecule has 2 aromatic rings. The molecule has 5 heterocycles. The highest BCUT2D eigenvalue weighted by Crippen LogP contribution is 2.71. The second-order valence-electron chi connectivity index (χ2n) is 11.1. The molecule has 2 saturated carbocycles. The number of likely N-dealkylation sites (tertiary alicyclic amines) is 1.